The van der Waals surface area contributed by atoms with E-state index in [0.29, 0.717) is 30.2 Å². The molecule has 1 saturated heterocycles. The van der Waals surface area contributed by atoms with Crippen LogP contribution in [-0.4, -0.2) is 78.0 Å². The summed E-state index contributed by atoms with van der Waals surface area (Å²) in [5.41, 5.74) is -0.176. The zero-order chi connectivity index (χ0) is 27.0. The topological polar surface area (TPSA) is 79.3 Å². The Bertz CT molecular complexity index is 872. The lowest BCUT2D eigenvalue weighted by Gasteiger charge is -2.39. The first-order valence-electron chi connectivity index (χ1n) is 13.8. The maximum atomic E-state index is 13.3. The molecular weight excluding hydrogens is 492 g/mol. The highest BCUT2D eigenvalue weighted by atomic mass is 35.5. The Morgan fingerprint density at radius 1 is 0.919 bits per heavy atom. The quantitative estimate of drug-likeness (QED) is 0.494. The third-order valence-electron chi connectivity index (χ3n) is 7.44. The smallest absolute Gasteiger partial charge is 0.410 e. The van der Waals surface area contributed by atoms with E-state index in [4.69, 9.17) is 21.1 Å². The van der Waals surface area contributed by atoms with Gasteiger partial charge in [-0.05, 0) is 83.8 Å². The van der Waals surface area contributed by atoms with Gasteiger partial charge in [-0.1, -0.05) is 43.7 Å². The van der Waals surface area contributed by atoms with Crippen LogP contribution in [0.15, 0.2) is 24.3 Å². The molecule has 8 heteroatoms. The molecule has 1 aromatic carbocycles. The van der Waals surface area contributed by atoms with Crippen LogP contribution in [0.4, 0.5) is 4.79 Å². The molecule has 0 aromatic heterocycles. The van der Waals surface area contributed by atoms with Gasteiger partial charge >= 0.3 is 12.1 Å². The first-order chi connectivity index (χ1) is 17.5. The van der Waals surface area contributed by atoms with Gasteiger partial charge in [0.1, 0.15) is 11.7 Å². The second kappa shape index (κ2) is 13.8. The van der Waals surface area contributed by atoms with Gasteiger partial charge in [0, 0.05) is 30.6 Å². The van der Waals surface area contributed by atoms with E-state index in [-0.39, 0.29) is 17.9 Å². The van der Waals surface area contributed by atoms with Crippen LogP contribution in [0.1, 0.15) is 82.5 Å². The van der Waals surface area contributed by atoms with E-state index in [0.717, 1.165) is 51.5 Å². The Balaban J connectivity index is 1.95. The van der Waals surface area contributed by atoms with Crippen LogP contribution in [0.3, 0.4) is 0 Å². The number of amides is 1. The van der Waals surface area contributed by atoms with Crippen molar-refractivity contribution in [3.8, 4) is 0 Å². The van der Waals surface area contributed by atoms with Gasteiger partial charge in [0.25, 0.3) is 0 Å². The number of hydrogen-bond acceptors (Lipinski definition) is 6. The zero-order valence-electron chi connectivity index (χ0n) is 23.0. The number of nitrogens with zero attached hydrogens (tertiary/aromatic N) is 2. The minimum absolute atomic E-state index is 0.0856. The number of aliphatic hydroxyl groups excluding tert-OH is 1. The van der Waals surface area contributed by atoms with E-state index in [1.54, 1.807) is 29.2 Å². The van der Waals surface area contributed by atoms with Gasteiger partial charge in [0.15, 0.2) is 0 Å². The third-order valence-corrected chi connectivity index (χ3v) is 7.69. The Kier molecular flexibility index (Phi) is 11.1. The minimum Gasteiger partial charge on any atom is -0.457 e. The number of carbonyl (C=O) groups is 2. The summed E-state index contributed by atoms with van der Waals surface area (Å²) in [5.74, 6) is -0.726. The third kappa shape index (κ3) is 9.45. The molecule has 1 saturated carbocycles. The molecule has 3 rings (SSSR count). The lowest BCUT2D eigenvalue weighted by molar-refractivity contribution is -0.0425. The predicted molar refractivity (Wildman–Crippen MR) is 146 cm³/mol. The molecule has 1 aliphatic heterocycles. The number of rotatable bonds is 3. The molecule has 1 heterocycles. The average molecular weight is 537 g/mol. The van der Waals surface area contributed by atoms with E-state index in [2.05, 4.69) is 4.90 Å². The minimum atomic E-state index is -0.611. The lowest BCUT2D eigenvalue weighted by Crippen LogP contribution is -2.49. The molecule has 1 aliphatic carbocycles. The number of likely N-dealkylation sites (N-methyl/N-ethyl adjacent to an activating group) is 1. The van der Waals surface area contributed by atoms with Crippen molar-refractivity contribution in [2.45, 2.75) is 89.9 Å². The number of carbonyl (C=O) groups excluding carboxylic acids is 2. The highest BCUT2D eigenvalue weighted by molar-refractivity contribution is 6.30. The van der Waals surface area contributed by atoms with Crippen molar-refractivity contribution in [2.24, 2.45) is 11.8 Å². The van der Waals surface area contributed by atoms with E-state index in [9.17, 15) is 14.7 Å². The Morgan fingerprint density at radius 3 is 2.24 bits per heavy atom. The van der Waals surface area contributed by atoms with Crippen molar-refractivity contribution in [1.82, 2.24) is 9.80 Å². The van der Waals surface area contributed by atoms with E-state index in [1.807, 2.05) is 27.8 Å². The first kappa shape index (κ1) is 29.7. The molecule has 2 fully saturated rings. The number of aliphatic hydroxyl groups is 1. The second-order valence-corrected chi connectivity index (χ2v) is 12.2. The summed E-state index contributed by atoms with van der Waals surface area (Å²) in [6.07, 6.45) is 6.41. The SMILES string of the molecule is CN1CCCN(C(=O)OC(C)(C)C)CC(C2CCCCCCCC2O)C(OC(=O)c2ccc(Cl)cc2)C1. The number of hydrogen-bond donors (Lipinski definition) is 1. The summed E-state index contributed by atoms with van der Waals surface area (Å²) in [7, 11) is 2.02. The van der Waals surface area contributed by atoms with Gasteiger partial charge < -0.3 is 24.4 Å². The summed E-state index contributed by atoms with van der Waals surface area (Å²) in [6, 6.07) is 6.69. The Labute approximate surface area is 227 Å². The van der Waals surface area contributed by atoms with Gasteiger partial charge in [-0.3, -0.25) is 0 Å². The Hall–Kier alpha value is -1.83. The van der Waals surface area contributed by atoms with Crippen LogP contribution in [0.25, 0.3) is 0 Å². The van der Waals surface area contributed by atoms with Crippen molar-refractivity contribution in [3.05, 3.63) is 34.9 Å². The molecule has 0 spiro atoms. The molecule has 4 unspecified atom stereocenters. The van der Waals surface area contributed by atoms with Crippen molar-refractivity contribution in [3.63, 3.8) is 0 Å². The van der Waals surface area contributed by atoms with Gasteiger partial charge in [0.05, 0.1) is 11.7 Å². The highest BCUT2D eigenvalue weighted by Gasteiger charge is 2.40. The second-order valence-electron chi connectivity index (χ2n) is 11.7. The number of ether oxygens (including phenoxy) is 2. The fourth-order valence-electron chi connectivity index (χ4n) is 5.52. The molecule has 1 aromatic rings. The fourth-order valence-corrected chi connectivity index (χ4v) is 5.64. The average Bonchev–Trinajstić information content (AvgIpc) is 2.96. The highest BCUT2D eigenvalue weighted by Crippen LogP contribution is 2.34. The van der Waals surface area contributed by atoms with Gasteiger partial charge in [-0.15, -0.1) is 0 Å². The fraction of sp³-hybridized carbons (Fsp3) is 0.724. The normalized spacial score (nSPS) is 27.0. The van der Waals surface area contributed by atoms with Crippen molar-refractivity contribution in [1.29, 1.82) is 0 Å². The van der Waals surface area contributed by atoms with Gasteiger partial charge in [-0.25, -0.2) is 9.59 Å². The van der Waals surface area contributed by atoms with Crippen molar-refractivity contribution in [2.75, 3.05) is 33.2 Å². The van der Waals surface area contributed by atoms with Crippen molar-refractivity contribution >= 4 is 23.7 Å². The molecule has 37 heavy (non-hydrogen) atoms. The first-order valence-corrected chi connectivity index (χ1v) is 14.2. The maximum absolute atomic E-state index is 13.3. The molecule has 2 aliphatic rings. The maximum Gasteiger partial charge on any atom is 0.410 e. The predicted octanol–water partition coefficient (Wildman–Crippen LogP) is 5.78. The molecule has 4 atom stereocenters. The van der Waals surface area contributed by atoms with Gasteiger partial charge in [0.2, 0.25) is 0 Å². The molecule has 1 N–H and O–H groups in total. The number of esters is 1. The van der Waals surface area contributed by atoms with Crippen LogP contribution in [0, 0.1) is 11.8 Å². The number of benzene rings is 1. The summed E-state index contributed by atoms with van der Waals surface area (Å²) >= 11 is 6.02. The standard InChI is InChI=1S/C29H45ClN2O5/c1-29(2,3)37-28(35)32-18-10-17-31(4)20-26(36-27(34)21-13-15-22(30)16-14-21)24(19-32)23-11-8-6-5-7-9-12-25(23)33/h13-16,23-26,33H,5-12,17-20H2,1-4H3. The van der Waals surface area contributed by atoms with E-state index >= 15 is 0 Å². The van der Waals surface area contributed by atoms with Crippen molar-refractivity contribution < 1.29 is 24.2 Å². The zero-order valence-corrected chi connectivity index (χ0v) is 23.7. The van der Waals surface area contributed by atoms with E-state index < -0.39 is 23.8 Å². The Morgan fingerprint density at radius 2 is 1.57 bits per heavy atom. The molecule has 0 radical (unpaired) electrons. The molecule has 1 amide bonds. The summed E-state index contributed by atoms with van der Waals surface area (Å²) < 4.78 is 12.0. The summed E-state index contributed by atoms with van der Waals surface area (Å²) in [6.45, 7) is 7.82. The van der Waals surface area contributed by atoms with Crippen LogP contribution < -0.4 is 0 Å². The van der Waals surface area contributed by atoms with Crippen LogP contribution in [-0.2, 0) is 9.47 Å². The molecule has 7 nitrogen and oxygen atoms in total. The monoisotopic (exact) mass is 536 g/mol. The summed E-state index contributed by atoms with van der Waals surface area (Å²) in [5, 5.41) is 11.9. The van der Waals surface area contributed by atoms with E-state index in [1.165, 1.54) is 6.42 Å². The van der Waals surface area contributed by atoms with Crippen LogP contribution >= 0.6 is 11.6 Å². The lowest BCUT2D eigenvalue weighted by atomic mass is 9.78. The molecular formula is C29H45ClN2O5. The van der Waals surface area contributed by atoms with Gasteiger partial charge in [-0.2, -0.15) is 0 Å². The number of halogens is 1. The van der Waals surface area contributed by atoms with Crippen LogP contribution in [0.2, 0.25) is 5.02 Å². The molecule has 0 bridgehead atoms. The van der Waals surface area contributed by atoms with Crippen LogP contribution in [0.5, 0.6) is 0 Å². The largest absolute Gasteiger partial charge is 0.457 e. The summed E-state index contributed by atoms with van der Waals surface area (Å²) in [4.78, 5) is 30.4. The molecule has 208 valence electrons.